The monoisotopic (exact) mass is 222 g/mol. The molecule has 2 heteroatoms. The summed E-state index contributed by atoms with van der Waals surface area (Å²) in [7, 11) is 0. The third-order valence-corrected chi connectivity index (χ3v) is 4.31. The maximum atomic E-state index is 8.92. The molecule has 0 heterocycles. The molecule has 1 aliphatic rings. The van der Waals surface area contributed by atoms with Crippen LogP contribution < -0.4 is 0 Å². The van der Waals surface area contributed by atoms with Gasteiger partial charge < -0.3 is 5.11 Å². The highest BCUT2D eigenvalue weighted by molar-refractivity contribution is 7.99. The number of hydrogen-bond donors (Lipinski definition) is 1. The fourth-order valence-electron chi connectivity index (χ4n) is 2.08. The predicted octanol–water partition coefficient (Wildman–Crippen LogP) is 3.46. The van der Waals surface area contributed by atoms with E-state index in [9.17, 15) is 0 Å². The summed E-state index contributed by atoms with van der Waals surface area (Å²) in [6.07, 6.45) is 5.69. The van der Waals surface area contributed by atoms with E-state index in [-0.39, 0.29) is 6.61 Å². The van der Waals surface area contributed by atoms with Gasteiger partial charge in [0.15, 0.2) is 0 Å². The minimum atomic E-state index is 0.146. The molecular weight excluding hydrogens is 204 g/mol. The van der Waals surface area contributed by atoms with Crippen LogP contribution in [0.5, 0.6) is 0 Å². The predicted molar refractivity (Wildman–Crippen MR) is 65.0 cm³/mol. The van der Waals surface area contributed by atoms with Gasteiger partial charge in [-0.15, -0.1) is 11.8 Å². The second-order valence-corrected chi connectivity index (χ2v) is 5.36. The van der Waals surface area contributed by atoms with Gasteiger partial charge in [-0.1, -0.05) is 25.0 Å². The minimum absolute atomic E-state index is 0.146. The van der Waals surface area contributed by atoms with Crippen LogP contribution in [-0.4, -0.2) is 10.9 Å². The summed E-state index contributed by atoms with van der Waals surface area (Å²) in [5, 5.41) is 8.92. The fraction of sp³-hybridized carbons (Fsp3) is 0.538. The van der Waals surface area contributed by atoms with Gasteiger partial charge in [0.1, 0.15) is 0 Å². The Hall–Kier alpha value is -0.470. The number of rotatable bonds is 4. The number of hydrogen-bond acceptors (Lipinski definition) is 2. The standard InChI is InChI=1S/C13H18OS/c14-9-11-5-7-13(8-6-11)15-10-12-3-1-2-4-12/h5-8,12,14H,1-4,9-10H2. The zero-order valence-electron chi connectivity index (χ0n) is 8.98. The third-order valence-electron chi connectivity index (χ3n) is 3.07. The quantitative estimate of drug-likeness (QED) is 0.787. The van der Waals surface area contributed by atoms with Crippen LogP contribution in [-0.2, 0) is 6.61 Å². The molecule has 0 radical (unpaired) electrons. The molecule has 1 saturated carbocycles. The van der Waals surface area contributed by atoms with Gasteiger partial charge in [0.2, 0.25) is 0 Å². The van der Waals surface area contributed by atoms with Crippen molar-refractivity contribution < 1.29 is 5.11 Å². The average Bonchev–Trinajstić information content (AvgIpc) is 2.80. The first-order valence-corrected chi connectivity index (χ1v) is 6.69. The van der Waals surface area contributed by atoms with Crippen LogP contribution >= 0.6 is 11.8 Å². The smallest absolute Gasteiger partial charge is 0.0681 e. The fourth-order valence-corrected chi connectivity index (χ4v) is 3.17. The normalized spacial score (nSPS) is 17.1. The lowest BCUT2D eigenvalue weighted by atomic mass is 10.1. The van der Waals surface area contributed by atoms with E-state index in [2.05, 4.69) is 12.1 Å². The van der Waals surface area contributed by atoms with E-state index in [1.807, 2.05) is 23.9 Å². The van der Waals surface area contributed by atoms with Gasteiger partial charge in [0.05, 0.1) is 6.61 Å². The summed E-state index contributed by atoms with van der Waals surface area (Å²) in [5.74, 6) is 2.20. The summed E-state index contributed by atoms with van der Waals surface area (Å²) in [6, 6.07) is 8.25. The summed E-state index contributed by atoms with van der Waals surface area (Å²) in [5.41, 5.74) is 1.00. The van der Waals surface area contributed by atoms with Crippen molar-refractivity contribution >= 4 is 11.8 Å². The number of aliphatic hydroxyl groups is 1. The largest absolute Gasteiger partial charge is 0.392 e. The Morgan fingerprint density at radius 3 is 2.40 bits per heavy atom. The van der Waals surface area contributed by atoms with Crippen LogP contribution in [0.15, 0.2) is 29.2 Å². The summed E-state index contributed by atoms with van der Waals surface area (Å²) in [6.45, 7) is 0.146. The van der Waals surface area contributed by atoms with Crippen LogP contribution in [0.4, 0.5) is 0 Å². The van der Waals surface area contributed by atoms with Gasteiger partial charge in [-0.3, -0.25) is 0 Å². The zero-order valence-corrected chi connectivity index (χ0v) is 9.80. The maximum Gasteiger partial charge on any atom is 0.0681 e. The van der Waals surface area contributed by atoms with Crippen LogP contribution in [0.2, 0.25) is 0 Å². The first kappa shape index (κ1) is 11.0. The average molecular weight is 222 g/mol. The van der Waals surface area contributed by atoms with Crippen LogP contribution in [0.3, 0.4) is 0 Å². The number of aliphatic hydroxyl groups excluding tert-OH is 1. The van der Waals surface area contributed by atoms with E-state index in [1.165, 1.54) is 36.3 Å². The number of thioether (sulfide) groups is 1. The van der Waals surface area contributed by atoms with Crippen molar-refractivity contribution in [3.05, 3.63) is 29.8 Å². The molecule has 1 aromatic carbocycles. The molecule has 0 saturated heterocycles. The summed E-state index contributed by atoms with van der Waals surface area (Å²) < 4.78 is 0. The maximum absolute atomic E-state index is 8.92. The molecule has 0 atom stereocenters. The Kier molecular flexibility index (Phi) is 4.09. The molecular formula is C13H18OS. The van der Waals surface area contributed by atoms with Gasteiger partial charge in [-0.2, -0.15) is 0 Å². The van der Waals surface area contributed by atoms with Gasteiger partial charge in [0.25, 0.3) is 0 Å². The van der Waals surface area contributed by atoms with Crippen LogP contribution in [0.1, 0.15) is 31.2 Å². The first-order chi connectivity index (χ1) is 7.38. The molecule has 1 N–H and O–H groups in total. The lowest BCUT2D eigenvalue weighted by Crippen LogP contribution is -1.96. The molecule has 15 heavy (non-hydrogen) atoms. The van der Waals surface area contributed by atoms with Gasteiger partial charge in [-0.05, 0) is 36.5 Å². The molecule has 0 bridgehead atoms. The van der Waals surface area contributed by atoms with E-state index in [0.29, 0.717) is 0 Å². The molecule has 0 amide bonds. The molecule has 1 nitrogen and oxygen atoms in total. The van der Waals surface area contributed by atoms with Crippen molar-refractivity contribution in [2.45, 2.75) is 37.2 Å². The van der Waals surface area contributed by atoms with Crippen molar-refractivity contribution in [1.82, 2.24) is 0 Å². The van der Waals surface area contributed by atoms with E-state index < -0.39 is 0 Å². The van der Waals surface area contributed by atoms with Gasteiger partial charge >= 0.3 is 0 Å². The van der Waals surface area contributed by atoms with Crippen molar-refractivity contribution in [3.8, 4) is 0 Å². The third kappa shape index (κ3) is 3.25. The number of benzene rings is 1. The highest BCUT2D eigenvalue weighted by Gasteiger charge is 2.14. The first-order valence-electron chi connectivity index (χ1n) is 5.71. The Balaban J connectivity index is 1.82. The molecule has 0 aromatic heterocycles. The SMILES string of the molecule is OCc1ccc(SCC2CCCC2)cc1. The lowest BCUT2D eigenvalue weighted by Gasteiger charge is -2.08. The molecule has 1 fully saturated rings. The van der Waals surface area contributed by atoms with E-state index in [4.69, 9.17) is 5.11 Å². The second kappa shape index (κ2) is 5.57. The molecule has 1 aliphatic carbocycles. The Bertz CT molecular complexity index is 288. The van der Waals surface area contributed by atoms with Crippen LogP contribution in [0, 0.1) is 5.92 Å². The highest BCUT2D eigenvalue weighted by atomic mass is 32.2. The molecule has 82 valence electrons. The van der Waals surface area contributed by atoms with Gasteiger partial charge in [-0.25, -0.2) is 0 Å². The molecule has 2 rings (SSSR count). The Labute approximate surface area is 95.9 Å². The zero-order chi connectivity index (χ0) is 10.5. The second-order valence-electron chi connectivity index (χ2n) is 4.26. The molecule has 0 spiro atoms. The Morgan fingerprint density at radius 2 is 1.80 bits per heavy atom. The molecule has 0 unspecified atom stereocenters. The van der Waals surface area contributed by atoms with Crippen molar-refractivity contribution in [3.63, 3.8) is 0 Å². The minimum Gasteiger partial charge on any atom is -0.392 e. The molecule has 0 aliphatic heterocycles. The van der Waals surface area contributed by atoms with E-state index in [1.54, 1.807) is 0 Å². The lowest BCUT2D eigenvalue weighted by molar-refractivity contribution is 0.282. The van der Waals surface area contributed by atoms with Crippen molar-refractivity contribution in [1.29, 1.82) is 0 Å². The highest BCUT2D eigenvalue weighted by Crippen LogP contribution is 2.30. The van der Waals surface area contributed by atoms with Crippen molar-refractivity contribution in [2.24, 2.45) is 5.92 Å². The topological polar surface area (TPSA) is 20.2 Å². The van der Waals surface area contributed by atoms with E-state index >= 15 is 0 Å². The van der Waals surface area contributed by atoms with Crippen LogP contribution in [0.25, 0.3) is 0 Å². The summed E-state index contributed by atoms with van der Waals surface area (Å²) >= 11 is 1.96. The molecule has 1 aromatic rings. The van der Waals surface area contributed by atoms with E-state index in [0.717, 1.165) is 11.5 Å². The van der Waals surface area contributed by atoms with Crippen molar-refractivity contribution in [2.75, 3.05) is 5.75 Å². The Morgan fingerprint density at radius 1 is 1.13 bits per heavy atom. The van der Waals surface area contributed by atoms with Gasteiger partial charge in [0, 0.05) is 10.6 Å². The summed E-state index contributed by atoms with van der Waals surface area (Å²) in [4.78, 5) is 1.33.